The lowest BCUT2D eigenvalue weighted by molar-refractivity contribution is 0.198. The summed E-state index contributed by atoms with van der Waals surface area (Å²) in [5.41, 5.74) is 5.40. The van der Waals surface area contributed by atoms with Crippen LogP contribution in [0.4, 0.5) is 0 Å². The summed E-state index contributed by atoms with van der Waals surface area (Å²) in [5.74, 6) is 1.03. The Hall–Kier alpha value is -0.650. The first-order valence-electron chi connectivity index (χ1n) is 5.43. The molecule has 3 N–H and O–H groups in total. The van der Waals surface area contributed by atoms with Gasteiger partial charge in [0, 0.05) is 11.7 Å². The van der Waals surface area contributed by atoms with Gasteiger partial charge in [0.05, 0.1) is 11.6 Å². The van der Waals surface area contributed by atoms with Crippen LogP contribution in [0, 0.1) is 0 Å². The highest BCUT2D eigenvalue weighted by Gasteiger charge is 2.15. The van der Waals surface area contributed by atoms with Crippen LogP contribution in [0.25, 0.3) is 0 Å². The van der Waals surface area contributed by atoms with Crippen molar-refractivity contribution in [3.8, 4) is 0 Å². The van der Waals surface area contributed by atoms with Gasteiger partial charge < -0.3 is 10.8 Å². The van der Waals surface area contributed by atoms with Gasteiger partial charge in [-0.15, -0.1) is 11.8 Å². The van der Waals surface area contributed by atoms with Gasteiger partial charge in [-0.2, -0.15) is 0 Å². The summed E-state index contributed by atoms with van der Waals surface area (Å²) in [5, 5.41) is 9.99. The molecule has 0 bridgehead atoms. The third-order valence-corrected chi connectivity index (χ3v) is 3.34. The number of hydrogen-bond donors (Lipinski definition) is 2. The topological polar surface area (TPSA) is 72.0 Å². The van der Waals surface area contributed by atoms with E-state index in [1.807, 2.05) is 13.0 Å². The summed E-state index contributed by atoms with van der Waals surface area (Å²) in [6, 6.07) is 1.91. The number of aliphatic hydroxyl groups excluding tert-OH is 1. The van der Waals surface area contributed by atoms with E-state index in [0.717, 1.165) is 30.0 Å². The molecule has 90 valence electrons. The zero-order chi connectivity index (χ0) is 11.9. The predicted molar refractivity (Wildman–Crippen MR) is 66.3 cm³/mol. The minimum Gasteiger partial charge on any atom is -0.394 e. The average molecular weight is 241 g/mol. The van der Waals surface area contributed by atoms with Crippen molar-refractivity contribution in [3.05, 3.63) is 18.6 Å². The van der Waals surface area contributed by atoms with Crippen molar-refractivity contribution in [1.29, 1.82) is 0 Å². The van der Waals surface area contributed by atoms with Gasteiger partial charge in [0.15, 0.2) is 0 Å². The fraction of sp³-hybridized carbons (Fsp3) is 0.636. The Bertz CT molecular complexity index is 293. The van der Waals surface area contributed by atoms with Crippen molar-refractivity contribution in [2.45, 2.75) is 36.8 Å². The third-order valence-electron chi connectivity index (χ3n) is 2.31. The van der Waals surface area contributed by atoms with E-state index in [0.29, 0.717) is 0 Å². The third kappa shape index (κ3) is 5.44. The molecule has 1 atom stereocenters. The maximum absolute atomic E-state index is 8.98. The van der Waals surface area contributed by atoms with Crippen LogP contribution in [0.15, 0.2) is 23.6 Å². The SMILES string of the molecule is CC(N)(CO)CCCCSc1ccncn1. The first kappa shape index (κ1) is 13.4. The molecule has 1 aromatic heterocycles. The van der Waals surface area contributed by atoms with Crippen LogP contribution in [0.3, 0.4) is 0 Å². The van der Waals surface area contributed by atoms with Crippen molar-refractivity contribution < 1.29 is 5.11 Å². The van der Waals surface area contributed by atoms with Crippen LogP contribution >= 0.6 is 11.8 Å². The quantitative estimate of drug-likeness (QED) is 0.429. The molecule has 0 fully saturated rings. The highest BCUT2D eigenvalue weighted by Crippen LogP contribution is 2.17. The zero-order valence-corrected chi connectivity index (χ0v) is 10.4. The Morgan fingerprint density at radius 2 is 2.31 bits per heavy atom. The summed E-state index contributed by atoms with van der Waals surface area (Å²) < 4.78 is 0. The van der Waals surface area contributed by atoms with Gasteiger partial charge in [-0.25, -0.2) is 9.97 Å². The van der Waals surface area contributed by atoms with Gasteiger partial charge in [-0.1, -0.05) is 6.42 Å². The molecular formula is C11H19N3OS. The number of hydrogen-bond acceptors (Lipinski definition) is 5. The maximum atomic E-state index is 8.98. The Kier molecular flexibility index (Phi) is 5.73. The first-order valence-corrected chi connectivity index (χ1v) is 6.41. The van der Waals surface area contributed by atoms with Crippen molar-refractivity contribution >= 4 is 11.8 Å². The lowest BCUT2D eigenvalue weighted by Crippen LogP contribution is -2.39. The molecule has 16 heavy (non-hydrogen) atoms. The molecule has 1 heterocycles. The van der Waals surface area contributed by atoms with Crippen LogP contribution in [-0.2, 0) is 0 Å². The lowest BCUT2D eigenvalue weighted by atomic mass is 9.98. The molecule has 0 radical (unpaired) electrons. The molecule has 0 spiro atoms. The second-order valence-electron chi connectivity index (χ2n) is 4.17. The van der Waals surface area contributed by atoms with Crippen molar-refractivity contribution in [1.82, 2.24) is 9.97 Å². The van der Waals surface area contributed by atoms with Gasteiger partial charge in [0.25, 0.3) is 0 Å². The van der Waals surface area contributed by atoms with Gasteiger partial charge >= 0.3 is 0 Å². The molecule has 0 aliphatic heterocycles. The standard InChI is InChI=1S/C11H19N3OS/c1-11(12,8-15)5-2-3-7-16-10-4-6-13-9-14-10/h4,6,9,15H,2-3,5,7-8,12H2,1H3. The predicted octanol–water partition coefficient (Wildman–Crippen LogP) is 1.45. The highest BCUT2D eigenvalue weighted by molar-refractivity contribution is 7.99. The molecule has 0 saturated carbocycles. The molecule has 1 aromatic rings. The number of aliphatic hydroxyl groups is 1. The minimum atomic E-state index is -0.431. The highest BCUT2D eigenvalue weighted by atomic mass is 32.2. The number of aromatic nitrogens is 2. The van der Waals surface area contributed by atoms with E-state index >= 15 is 0 Å². The minimum absolute atomic E-state index is 0.0477. The van der Waals surface area contributed by atoms with E-state index in [2.05, 4.69) is 9.97 Å². The lowest BCUT2D eigenvalue weighted by Gasteiger charge is -2.21. The second kappa shape index (κ2) is 6.83. The maximum Gasteiger partial charge on any atom is 0.116 e. The molecule has 0 amide bonds. The van der Waals surface area contributed by atoms with Crippen molar-refractivity contribution in [2.24, 2.45) is 5.73 Å². The Morgan fingerprint density at radius 1 is 1.50 bits per heavy atom. The fourth-order valence-electron chi connectivity index (χ4n) is 1.25. The molecule has 0 aliphatic carbocycles. The molecule has 4 nitrogen and oxygen atoms in total. The van der Waals surface area contributed by atoms with E-state index in [4.69, 9.17) is 10.8 Å². The van der Waals surface area contributed by atoms with Gasteiger partial charge in [-0.05, 0) is 31.6 Å². The van der Waals surface area contributed by atoms with Gasteiger partial charge in [0.1, 0.15) is 6.33 Å². The Labute approximate surface area is 101 Å². The molecule has 0 aliphatic rings. The molecule has 5 heteroatoms. The van der Waals surface area contributed by atoms with Gasteiger partial charge in [-0.3, -0.25) is 0 Å². The first-order chi connectivity index (χ1) is 7.64. The van der Waals surface area contributed by atoms with E-state index in [1.165, 1.54) is 0 Å². The Morgan fingerprint density at radius 3 is 2.94 bits per heavy atom. The summed E-state index contributed by atoms with van der Waals surface area (Å²) in [7, 11) is 0. The van der Waals surface area contributed by atoms with E-state index in [1.54, 1.807) is 24.3 Å². The summed E-state index contributed by atoms with van der Waals surface area (Å²) in [6.45, 7) is 1.93. The molecular weight excluding hydrogens is 222 g/mol. The normalized spacial score (nSPS) is 14.7. The smallest absolute Gasteiger partial charge is 0.116 e. The summed E-state index contributed by atoms with van der Waals surface area (Å²) >= 11 is 1.72. The average Bonchev–Trinajstić information content (AvgIpc) is 2.30. The van der Waals surface area contributed by atoms with E-state index in [-0.39, 0.29) is 6.61 Å². The van der Waals surface area contributed by atoms with Crippen molar-refractivity contribution in [2.75, 3.05) is 12.4 Å². The number of unbranched alkanes of at least 4 members (excludes halogenated alkanes) is 1. The van der Waals surface area contributed by atoms with Crippen LogP contribution in [-0.4, -0.2) is 33.0 Å². The van der Waals surface area contributed by atoms with Crippen LogP contribution in [0.5, 0.6) is 0 Å². The van der Waals surface area contributed by atoms with Crippen LogP contribution < -0.4 is 5.73 Å². The van der Waals surface area contributed by atoms with E-state index < -0.39 is 5.54 Å². The molecule has 1 unspecified atom stereocenters. The summed E-state index contributed by atoms with van der Waals surface area (Å²) in [6.07, 6.45) is 6.28. The van der Waals surface area contributed by atoms with Gasteiger partial charge in [0.2, 0.25) is 0 Å². The Balaban J connectivity index is 2.09. The zero-order valence-electron chi connectivity index (χ0n) is 9.59. The fourth-order valence-corrected chi connectivity index (χ4v) is 2.09. The number of thioether (sulfide) groups is 1. The molecule has 1 rings (SSSR count). The van der Waals surface area contributed by atoms with E-state index in [9.17, 15) is 0 Å². The molecule has 0 saturated heterocycles. The van der Waals surface area contributed by atoms with Crippen LogP contribution in [0.2, 0.25) is 0 Å². The molecule has 0 aromatic carbocycles. The van der Waals surface area contributed by atoms with Crippen molar-refractivity contribution in [3.63, 3.8) is 0 Å². The number of rotatable bonds is 7. The summed E-state index contributed by atoms with van der Waals surface area (Å²) in [4.78, 5) is 7.99. The van der Waals surface area contributed by atoms with Crippen LogP contribution in [0.1, 0.15) is 26.2 Å². The monoisotopic (exact) mass is 241 g/mol. The number of nitrogens with two attached hydrogens (primary N) is 1. The largest absolute Gasteiger partial charge is 0.394 e. The number of nitrogens with zero attached hydrogens (tertiary/aromatic N) is 2. The second-order valence-corrected chi connectivity index (χ2v) is 5.28.